The van der Waals surface area contributed by atoms with Gasteiger partial charge in [0, 0.05) is 89.3 Å². The van der Waals surface area contributed by atoms with Crippen molar-refractivity contribution in [3.05, 3.63) is 437 Å². The van der Waals surface area contributed by atoms with Crippen LogP contribution in [0.1, 0.15) is 0 Å². The van der Waals surface area contributed by atoms with Crippen LogP contribution in [0.2, 0.25) is 0 Å². The highest BCUT2D eigenvalue weighted by atomic mass is 15.2. The first-order valence-electron chi connectivity index (χ1n) is 39.3. The first-order chi connectivity index (χ1) is 56.6. The van der Waals surface area contributed by atoms with Crippen molar-refractivity contribution < 1.29 is 0 Å². The molecule has 5 nitrogen and oxygen atoms in total. The van der Waals surface area contributed by atoms with Crippen LogP contribution in [0, 0.1) is 0 Å². The van der Waals surface area contributed by atoms with Gasteiger partial charge in [-0.15, -0.1) is 0 Å². The fourth-order valence-electron chi connectivity index (χ4n) is 18.4. The Morgan fingerprint density at radius 3 is 0.851 bits per heavy atom. The molecule has 0 amide bonds. The number of nitrogens with zero attached hydrogens (tertiary/aromatic N) is 5. The number of aromatic nitrogens is 2. The van der Waals surface area contributed by atoms with Gasteiger partial charge >= 0.3 is 0 Å². The predicted octanol–water partition coefficient (Wildman–Crippen LogP) is 27.1. The lowest BCUT2D eigenvalue weighted by Crippen LogP contribution is -2.61. The van der Waals surface area contributed by atoms with Gasteiger partial charge in [0.25, 0.3) is 6.71 Å². The summed E-state index contributed by atoms with van der Waals surface area (Å²) in [7, 11) is 0. The van der Waals surface area contributed by atoms with Crippen molar-refractivity contribution in [2.75, 3.05) is 14.7 Å². The van der Waals surface area contributed by atoms with Gasteiger partial charge in [0.1, 0.15) is 0 Å². The third-order valence-corrected chi connectivity index (χ3v) is 23.4. The Bertz CT molecular complexity index is 6800. The zero-order chi connectivity index (χ0) is 75.2. The summed E-state index contributed by atoms with van der Waals surface area (Å²) in [5.74, 6) is 0. The van der Waals surface area contributed by atoms with Crippen molar-refractivity contribution in [1.82, 2.24) is 9.13 Å². The number of anilines is 9. The Morgan fingerprint density at radius 2 is 0.474 bits per heavy atom. The van der Waals surface area contributed by atoms with Gasteiger partial charge in [-0.1, -0.05) is 322 Å². The van der Waals surface area contributed by atoms with Crippen molar-refractivity contribution in [3.8, 4) is 89.3 Å². The van der Waals surface area contributed by atoms with Crippen LogP contribution in [0.3, 0.4) is 0 Å². The van der Waals surface area contributed by atoms with Crippen LogP contribution in [0.4, 0.5) is 51.2 Å². The van der Waals surface area contributed by atoms with Crippen LogP contribution in [0.15, 0.2) is 437 Å². The summed E-state index contributed by atoms with van der Waals surface area (Å²) >= 11 is 0. The molecule has 0 fully saturated rings. The van der Waals surface area contributed by atoms with E-state index in [0.29, 0.717) is 0 Å². The van der Waals surface area contributed by atoms with E-state index in [0.717, 1.165) is 163 Å². The maximum Gasteiger partial charge on any atom is 0.252 e. The van der Waals surface area contributed by atoms with E-state index in [9.17, 15) is 0 Å². The number of hydrogen-bond acceptors (Lipinski definition) is 3. The molecule has 0 aliphatic carbocycles. The molecular weight excluding hydrogens is 1380 g/mol. The van der Waals surface area contributed by atoms with Crippen molar-refractivity contribution in [2.45, 2.75) is 0 Å². The molecule has 22 rings (SSSR count). The van der Waals surface area contributed by atoms with Gasteiger partial charge in [-0.3, -0.25) is 0 Å². The number of para-hydroxylation sites is 6. The molecule has 0 radical (unpaired) electrons. The van der Waals surface area contributed by atoms with Crippen LogP contribution >= 0.6 is 0 Å². The smallest absolute Gasteiger partial charge is 0.252 e. The van der Waals surface area contributed by atoms with Gasteiger partial charge in [0.05, 0.1) is 39.1 Å². The molecule has 18 aromatic carbocycles. The second kappa shape index (κ2) is 27.5. The second-order valence-electron chi connectivity index (χ2n) is 29.8. The highest BCUT2D eigenvalue weighted by Crippen LogP contribution is 2.56. The maximum atomic E-state index is 2.71. The largest absolute Gasteiger partial charge is 0.311 e. The minimum Gasteiger partial charge on any atom is -0.311 e. The van der Waals surface area contributed by atoms with E-state index in [4.69, 9.17) is 0 Å². The summed E-state index contributed by atoms with van der Waals surface area (Å²) in [5.41, 5.74) is 35.5. The third kappa shape index (κ3) is 11.0. The lowest BCUT2D eigenvalue weighted by molar-refractivity contribution is 1.15. The summed E-state index contributed by atoms with van der Waals surface area (Å²) < 4.78 is 5.04. The average molecular weight is 1450 g/mol. The quantitative estimate of drug-likeness (QED) is 0.101. The van der Waals surface area contributed by atoms with Crippen molar-refractivity contribution in [2.24, 2.45) is 0 Å². The summed E-state index contributed by atoms with van der Waals surface area (Å²) in [6.45, 7) is -0.318. The molecule has 0 saturated heterocycles. The first kappa shape index (κ1) is 66.1. The standard InChI is InChI=1S/C108H72BN5/c1-9-33-73(34-10-1)81-65-92(76-37-13-3-14-38-76)107(93(66-81)77-39-15-4-16-40-77)113-102-69-80(75-57-60-85(61-58-75)110(83-45-21-7-22-46-83)84-47-23-8-24-48-84)59-63-96(102)109-97-64-62-86(111-98-53-29-25-49-88(98)89-50-26-30-54-99(89)111)70-103(97)114(105-72-87(71-104(113)106(105)109)112-100-55-31-27-51-90(100)91-52-28-32-56-101(91)112)108-94(78-41-17-5-18-42-78)67-82(74-35-11-2-12-36-74)68-95(108)79-43-19-6-20-44-79/h1-72H. The zero-order valence-corrected chi connectivity index (χ0v) is 62.4. The normalized spacial score (nSPS) is 12.2. The fraction of sp³-hybridized carbons (Fsp3) is 0. The molecule has 0 bridgehead atoms. The Labute approximate surface area is 663 Å². The van der Waals surface area contributed by atoms with Gasteiger partial charge in [-0.25, -0.2) is 0 Å². The SMILES string of the molecule is c1ccc(-c2cc(-c3ccccc3)c(N3c4cc(-c5ccc(N(c6ccccc6)c6ccccc6)cc5)ccc4B4c5ccc(-n6c7ccccc7c7ccccc76)cc5N(c5c(-c6ccccc6)cc(-c6ccccc6)cc5-c5ccccc5)c5cc(-n6c7ccccc7c7ccccc76)cc3c54)c(-c3ccccc3)c2)cc1. The average Bonchev–Trinajstić information content (AvgIpc) is 1.38. The van der Waals surface area contributed by atoms with E-state index in [-0.39, 0.29) is 6.71 Å². The number of rotatable bonds is 14. The van der Waals surface area contributed by atoms with Gasteiger partial charge in [-0.2, -0.15) is 0 Å². The first-order valence-corrected chi connectivity index (χ1v) is 39.3. The van der Waals surface area contributed by atoms with Crippen molar-refractivity contribution >= 4 is 118 Å². The van der Waals surface area contributed by atoms with Crippen LogP contribution < -0.4 is 31.1 Å². The molecule has 2 aromatic heterocycles. The molecular formula is C108H72BN5. The molecule has 0 spiro atoms. The Kier molecular flexibility index (Phi) is 16.0. The summed E-state index contributed by atoms with van der Waals surface area (Å²) in [6.07, 6.45) is 0. The van der Waals surface area contributed by atoms with E-state index in [2.05, 4.69) is 461 Å². The van der Waals surface area contributed by atoms with Gasteiger partial charge < -0.3 is 23.8 Å². The van der Waals surface area contributed by atoms with Crippen LogP contribution in [-0.2, 0) is 0 Å². The molecule has 4 heterocycles. The lowest BCUT2D eigenvalue weighted by atomic mass is 9.33. The lowest BCUT2D eigenvalue weighted by Gasteiger charge is -2.46. The minimum absolute atomic E-state index is 0.318. The molecule has 20 aromatic rings. The molecule has 0 unspecified atom stereocenters. The molecule has 2 aliphatic rings. The monoisotopic (exact) mass is 1450 g/mol. The van der Waals surface area contributed by atoms with Gasteiger partial charge in [-0.05, 0) is 187 Å². The molecule has 0 N–H and O–H groups in total. The van der Waals surface area contributed by atoms with E-state index < -0.39 is 0 Å². The van der Waals surface area contributed by atoms with E-state index in [1.165, 1.54) is 37.9 Å². The highest BCUT2D eigenvalue weighted by Gasteiger charge is 2.46. The summed E-state index contributed by atoms with van der Waals surface area (Å²) in [5, 5.41) is 4.79. The molecule has 6 heteroatoms. The van der Waals surface area contributed by atoms with Gasteiger partial charge in [0.15, 0.2) is 0 Å². The van der Waals surface area contributed by atoms with Crippen LogP contribution in [0.5, 0.6) is 0 Å². The maximum absolute atomic E-state index is 2.71. The number of hydrogen-bond donors (Lipinski definition) is 0. The topological polar surface area (TPSA) is 19.6 Å². The number of fused-ring (bicyclic) bond motifs is 10. The molecule has 114 heavy (non-hydrogen) atoms. The third-order valence-electron chi connectivity index (χ3n) is 23.4. The Balaban J connectivity index is 0.911. The summed E-state index contributed by atoms with van der Waals surface area (Å²) in [6, 6.07) is 163. The van der Waals surface area contributed by atoms with Crippen molar-refractivity contribution in [3.63, 3.8) is 0 Å². The van der Waals surface area contributed by atoms with Gasteiger partial charge in [0.2, 0.25) is 0 Å². The number of benzene rings is 18. The Morgan fingerprint density at radius 1 is 0.193 bits per heavy atom. The molecule has 2 aliphatic heterocycles. The van der Waals surface area contributed by atoms with Crippen molar-refractivity contribution in [1.29, 1.82) is 0 Å². The second-order valence-corrected chi connectivity index (χ2v) is 29.8. The van der Waals surface area contributed by atoms with E-state index in [1.54, 1.807) is 0 Å². The Hall–Kier alpha value is -15.0. The molecule has 532 valence electrons. The van der Waals surface area contributed by atoms with Crippen LogP contribution in [-0.4, -0.2) is 15.8 Å². The minimum atomic E-state index is -0.318. The molecule has 0 atom stereocenters. The summed E-state index contributed by atoms with van der Waals surface area (Å²) in [4.78, 5) is 7.76. The van der Waals surface area contributed by atoms with E-state index >= 15 is 0 Å². The van der Waals surface area contributed by atoms with Crippen LogP contribution in [0.25, 0.3) is 133 Å². The molecule has 0 saturated carbocycles. The van der Waals surface area contributed by atoms with E-state index in [1.807, 2.05) is 0 Å². The highest BCUT2D eigenvalue weighted by molar-refractivity contribution is 7.00. The zero-order valence-electron chi connectivity index (χ0n) is 62.4. The fourth-order valence-corrected chi connectivity index (χ4v) is 18.4. The predicted molar refractivity (Wildman–Crippen MR) is 482 cm³/mol.